The van der Waals surface area contributed by atoms with Gasteiger partial charge in [0, 0.05) is 13.1 Å². The summed E-state index contributed by atoms with van der Waals surface area (Å²) in [7, 11) is 0. The van der Waals surface area contributed by atoms with E-state index in [9.17, 15) is 92.6 Å². The molecule has 1 amide bonds. The molecule has 0 atom stereocenters. The van der Waals surface area contributed by atoms with E-state index in [2.05, 4.69) is 11.6 Å². The Hall–Kier alpha value is -1.64. The SMILES string of the molecule is CCCCCCCCCCN(CCCCCCCCCC)C(=O)C(F)(F)C(F)(F)C(F)(F)C(F)(F)C(F)(F)C(F)(F)C(F)(F)C(F)(F)C(F)(F)C(F)(F)Cl. The van der Waals surface area contributed by atoms with Crippen LogP contribution in [0.2, 0.25) is 0 Å². The van der Waals surface area contributed by atoms with Gasteiger partial charge in [0.05, 0.1) is 0 Å². The Morgan fingerprint density at radius 1 is 0.370 bits per heavy atom. The first-order chi connectivity index (χ1) is 24.2. The number of nitrogens with zero attached hydrogens (tertiary/aromatic N) is 1. The molecule has 0 fully saturated rings. The summed E-state index contributed by atoms with van der Waals surface area (Å²) in [6.45, 7) is 1.95. The zero-order valence-electron chi connectivity index (χ0n) is 29.0. The molecule has 0 heterocycles. The van der Waals surface area contributed by atoms with Crippen LogP contribution in [0, 0.1) is 0 Å². The molecule has 0 radical (unpaired) electrons. The van der Waals surface area contributed by atoms with Gasteiger partial charge >= 0.3 is 58.7 Å². The predicted octanol–water partition coefficient (Wildman–Crippen LogP) is 13.6. The Kier molecular flexibility index (Phi) is 18.6. The molecule has 54 heavy (non-hydrogen) atoms. The van der Waals surface area contributed by atoms with Crippen LogP contribution in [-0.2, 0) is 4.79 Å². The van der Waals surface area contributed by atoms with Crippen molar-refractivity contribution in [2.75, 3.05) is 13.1 Å². The highest BCUT2D eigenvalue weighted by molar-refractivity contribution is 6.22. The highest BCUT2D eigenvalue weighted by atomic mass is 35.5. The standard InChI is InChI=1S/C31H42ClF20NO/c1-3-5-7-9-11-13-15-17-19-53(20-18-16-14-12-10-8-6-4-2)21(54)22(33,34)23(35,36)24(37,38)25(39,40)26(41,42)27(43,44)28(45,46)29(47,48)30(49,50)31(32,51)52/h3-20H2,1-2H3. The third-order valence-electron chi connectivity index (χ3n) is 8.63. The molecule has 0 saturated carbocycles. The summed E-state index contributed by atoms with van der Waals surface area (Å²) < 4.78 is 280. The summed E-state index contributed by atoms with van der Waals surface area (Å²) in [6.07, 6.45) is 8.04. The molecule has 0 unspecified atom stereocenters. The number of hydrogen-bond donors (Lipinski definition) is 0. The third kappa shape index (κ3) is 10.3. The van der Waals surface area contributed by atoms with E-state index >= 15 is 0 Å². The molecule has 0 spiro atoms. The number of carbonyl (C=O) groups is 1. The molecule has 0 aliphatic rings. The fraction of sp³-hybridized carbons (Fsp3) is 0.968. The largest absolute Gasteiger partial charge is 0.393 e. The Morgan fingerprint density at radius 2 is 0.593 bits per heavy atom. The van der Waals surface area contributed by atoms with Gasteiger partial charge < -0.3 is 4.90 Å². The van der Waals surface area contributed by atoms with E-state index in [0.29, 0.717) is 38.5 Å². The summed E-state index contributed by atoms with van der Waals surface area (Å²) in [5.41, 5.74) is 0. The van der Waals surface area contributed by atoms with Crippen molar-refractivity contribution in [3.8, 4) is 0 Å². The number of hydrogen-bond acceptors (Lipinski definition) is 1. The van der Waals surface area contributed by atoms with Crippen LogP contribution in [0.4, 0.5) is 87.8 Å². The number of amides is 1. The van der Waals surface area contributed by atoms with Crippen molar-refractivity contribution in [3.63, 3.8) is 0 Å². The maximum Gasteiger partial charge on any atom is 0.393 e. The monoisotopic (exact) mass is 859 g/mol. The normalized spacial score (nSPS) is 14.9. The molecule has 0 saturated heterocycles. The lowest BCUT2D eigenvalue weighted by Gasteiger charge is -2.44. The van der Waals surface area contributed by atoms with Gasteiger partial charge in [-0.1, -0.05) is 104 Å². The summed E-state index contributed by atoms with van der Waals surface area (Å²) >= 11 is 3.43. The van der Waals surface area contributed by atoms with Crippen molar-refractivity contribution >= 4 is 17.5 Å². The van der Waals surface area contributed by atoms with Gasteiger partial charge in [-0.2, -0.15) is 87.8 Å². The van der Waals surface area contributed by atoms with Gasteiger partial charge in [0.2, 0.25) is 0 Å². The van der Waals surface area contributed by atoms with Crippen LogP contribution < -0.4 is 0 Å². The van der Waals surface area contributed by atoms with Gasteiger partial charge in [0.15, 0.2) is 0 Å². The number of rotatable bonds is 28. The molecule has 0 aliphatic heterocycles. The number of alkyl halides is 21. The first kappa shape index (κ1) is 52.4. The van der Waals surface area contributed by atoms with E-state index in [1.807, 2.05) is 13.8 Å². The summed E-state index contributed by atoms with van der Waals surface area (Å²) in [5.74, 6) is -80.7. The van der Waals surface area contributed by atoms with E-state index < -0.39 is 77.7 Å². The van der Waals surface area contributed by atoms with E-state index in [0.717, 1.165) is 38.5 Å². The zero-order chi connectivity index (χ0) is 42.9. The van der Waals surface area contributed by atoms with Gasteiger partial charge in [-0.3, -0.25) is 4.79 Å². The molecule has 2 nitrogen and oxygen atoms in total. The van der Waals surface area contributed by atoms with E-state index in [1.54, 1.807) is 0 Å². The molecule has 0 aromatic heterocycles. The second-order valence-corrected chi connectivity index (χ2v) is 13.4. The minimum atomic E-state index is -9.16. The molecular formula is C31H42ClF20NO. The Labute approximate surface area is 303 Å². The molecule has 0 aliphatic carbocycles. The minimum absolute atomic E-state index is 0.110. The van der Waals surface area contributed by atoms with Crippen molar-refractivity contribution in [2.24, 2.45) is 0 Å². The fourth-order valence-corrected chi connectivity index (χ4v) is 5.20. The number of unbranched alkanes of at least 4 members (excludes halogenated alkanes) is 14. The van der Waals surface area contributed by atoms with Crippen molar-refractivity contribution in [1.82, 2.24) is 4.90 Å². The van der Waals surface area contributed by atoms with Crippen molar-refractivity contribution in [1.29, 1.82) is 0 Å². The first-order valence-electron chi connectivity index (χ1n) is 16.9. The second kappa shape index (κ2) is 19.2. The lowest BCUT2D eigenvalue weighted by atomic mass is 9.86. The molecule has 324 valence electrons. The van der Waals surface area contributed by atoms with Crippen LogP contribution in [0.25, 0.3) is 0 Å². The van der Waals surface area contributed by atoms with Crippen LogP contribution in [-0.4, -0.2) is 82.6 Å². The molecule has 0 N–H and O–H groups in total. The van der Waals surface area contributed by atoms with Crippen molar-refractivity contribution < 1.29 is 92.6 Å². The van der Waals surface area contributed by atoms with E-state index in [-0.39, 0.29) is 30.6 Å². The summed E-state index contributed by atoms with van der Waals surface area (Å²) in [4.78, 5) is 12.4. The van der Waals surface area contributed by atoms with Crippen LogP contribution in [0.1, 0.15) is 117 Å². The average Bonchev–Trinajstić information content (AvgIpc) is 3.04. The molecular weight excluding hydrogens is 818 g/mol. The van der Waals surface area contributed by atoms with E-state index in [4.69, 9.17) is 0 Å². The average molecular weight is 860 g/mol. The van der Waals surface area contributed by atoms with Crippen molar-refractivity contribution in [3.05, 3.63) is 0 Å². The number of halogens is 21. The molecule has 0 aromatic carbocycles. The minimum Gasteiger partial charge on any atom is -0.337 e. The van der Waals surface area contributed by atoms with Crippen LogP contribution >= 0.6 is 11.6 Å². The number of carbonyl (C=O) groups excluding carboxylic acids is 1. The summed E-state index contributed by atoms with van der Waals surface area (Å²) in [6, 6.07) is 0. The van der Waals surface area contributed by atoms with E-state index in [1.165, 1.54) is 0 Å². The topological polar surface area (TPSA) is 20.3 Å². The van der Waals surface area contributed by atoms with Gasteiger partial charge in [-0.25, -0.2) is 0 Å². The Balaban J connectivity index is 6.61. The maximum absolute atomic E-state index is 14.9. The van der Waals surface area contributed by atoms with Crippen LogP contribution in [0.5, 0.6) is 0 Å². The van der Waals surface area contributed by atoms with Gasteiger partial charge in [-0.05, 0) is 24.4 Å². The van der Waals surface area contributed by atoms with Gasteiger partial charge in [0.1, 0.15) is 0 Å². The summed E-state index contributed by atoms with van der Waals surface area (Å²) in [5, 5.41) is -7.07. The third-order valence-corrected chi connectivity index (χ3v) is 8.87. The predicted molar refractivity (Wildman–Crippen MR) is 157 cm³/mol. The van der Waals surface area contributed by atoms with Gasteiger partial charge in [0.25, 0.3) is 5.91 Å². The van der Waals surface area contributed by atoms with Crippen LogP contribution in [0.15, 0.2) is 0 Å². The lowest BCUT2D eigenvalue weighted by Crippen LogP contribution is -2.77. The van der Waals surface area contributed by atoms with Crippen molar-refractivity contribution in [2.45, 2.75) is 175 Å². The lowest BCUT2D eigenvalue weighted by molar-refractivity contribution is -0.464. The molecule has 0 bridgehead atoms. The highest BCUT2D eigenvalue weighted by Crippen LogP contribution is 2.66. The fourth-order valence-electron chi connectivity index (χ4n) is 5.08. The zero-order valence-corrected chi connectivity index (χ0v) is 29.8. The maximum atomic E-state index is 14.9. The first-order valence-corrected chi connectivity index (χ1v) is 17.3. The Bertz CT molecular complexity index is 1120. The Morgan fingerprint density at radius 3 is 0.852 bits per heavy atom. The second-order valence-electron chi connectivity index (χ2n) is 12.9. The highest BCUT2D eigenvalue weighted by Gasteiger charge is 2.98. The molecule has 23 heteroatoms. The van der Waals surface area contributed by atoms with Crippen LogP contribution in [0.3, 0.4) is 0 Å². The quantitative estimate of drug-likeness (QED) is 0.0436. The molecule has 0 rings (SSSR count). The van der Waals surface area contributed by atoms with Gasteiger partial charge in [-0.15, -0.1) is 0 Å². The molecule has 0 aromatic rings. The smallest absolute Gasteiger partial charge is 0.337 e.